The van der Waals surface area contributed by atoms with Crippen LogP contribution in [0.3, 0.4) is 0 Å². The summed E-state index contributed by atoms with van der Waals surface area (Å²) in [6, 6.07) is 4.94. The second-order valence-corrected chi connectivity index (χ2v) is 7.19. The van der Waals surface area contributed by atoms with Gasteiger partial charge in [0.1, 0.15) is 6.04 Å². The highest BCUT2D eigenvalue weighted by atomic mass is 32.2. The molecule has 4 rings (SSSR count). The molecule has 0 radical (unpaired) electrons. The second-order valence-electron chi connectivity index (χ2n) is 6.33. The average molecular weight is 371 g/mol. The van der Waals surface area contributed by atoms with E-state index in [1.54, 1.807) is 22.5 Å². The van der Waals surface area contributed by atoms with Crippen LogP contribution in [0.1, 0.15) is 34.5 Å². The van der Waals surface area contributed by atoms with Crippen molar-refractivity contribution in [2.75, 3.05) is 6.26 Å². The summed E-state index contributed by atoms with van der Waals surface area (Å²) in [6.45, 7) is 0.371. The Morgan fingerprint density at radius 1 is 1.31 bits per heavy atom. The number of thioether (sulfide) groups is 1. The van der Waals surface area contributed by atoms with E-state index in [9.17, 15) is 14.4 Å². The number of nitrogens with zero attached hydrogens (tertiary/aromatic N) is 4. The first-order valence-electron chi connectivity index (χ1n) is 8.25. The number of rotatable bonds is 4. The highest BCUT2D eigenvalue weighted by Gasteiger charge is 2.39. The van der Waals surface area contributed by atoms with Gasteiger partial charge < -0.3 is 4.90 Å². The Balaban J connectivity index is 1.59. The summed E-state index contributed by atoms with van der Waals surface area (Å²) in [4.78, 5) is 37.8. The average Bonchev–Trinajstić information content (AvgIpc) is 3.20. The van der Waals surface area contributed by atoms with Crippen LogP contribution in [0.15, 0.2) is 24.4 Å². The number of hydrogen-bond donors (Lipinski definition) is 1. The Hall–Kier alpha value is -2.68. The minimum absolute atomic E-state index is 0.194. The number of piperidine rings is 1. The van der Waals surface area contributed by atoms with Crippen molar-refractivity contribution < 1.29 is 14.4 Å². The fourth-order valence-corrected chi connectivity index (χ4v) is 3.75. The number of benzene rings is 1. The Morgan fingerprint density at radius 3 is 2.92 bits per heavy atom. The molecule has 0 saturated carbocycles. The molecule has 26 heavy (non-hydrogen) atoms. The van der Waals surface area contributed by atoms with Gasteiger partial charge in [-0.05, 0) is 30.4 Å². The van der Waals surface area contributed by atoms with Crippen LogP contribution >= 0.6 is 11.8 Å². The van der Waals surface area contributed by atoms with E-state index in [1.165, 1.54) is 4.90 Å². The van der Waals surface area contributed by atoms with Crippen molar-refractivity contribution in [1.29, 1.82) is 0 Å². The van der Waals surface area contributed by atoms with Crippen LogP contribution in [-0.2, 0) is 21.9 Å². The lowest BCUT2D eigenvalue weighted by atomic mass is 10.0. The first-order valence-corrected chi connectivity index (χ1v) is 9.64. The van der Waals surface area contributed by atoms with Crippen LogP contribution in [-0.4, -0.2) is 49.9 Å². The lowest BCUT2D eigenvalue weighted by molar-refractivity contribution is -0.136. The standard InChI is InChI=1S/C17H17N5O3S/c1-26-9-11-8-22(20-19-11)12-3-2-10-7-21(17(25)13(10)6-12)14-4-5-15(23)18-16(14)24/h2-3,6,8,14H,4-5,7,9H2,1H3,(H,18,23,24). The molecule has 0 spiro atoms. The summed E-state index contributed by atoms with van der Waals surface area (Å²) in [7, 11) is 0. The van der Waals surface area contributed by atoms with Gasteiger partial charge in [0, 0.05) is 24.3 Å². The zero-order valence-corrected chi connectivity index (χ0v) is 15.0. The molecule has 3 amide bonds. The summed E-state index contributed by atoms with van der Waals surface area (Å²) in [5.41, 5.74) is 3.05. The quantitative estimate of drug-likeness (QED) is 0.802. The maximum absolute atomic E-state index is 12.8. The van der Waals surface area contributed by atoms with Crippen LogP contribution < -0.4 is 5.32 Å². The highest BCUT2D eigenvalue weighted by Crippen LogP contribution is 2.29. The van der Waals surface area contributed by atoms with E-state index < -0.39 is 11.9 Å². The van der Waals surface area contributed by atoms with Gasteiger partial charge in [0.15, 0.2) is 0 Å². The van der Waals surface area contributed by atoms with Crippen molar-refractivity contribution in [1.82, 2.24) is 25.2 Å². The molecule has 1 fully saturated rings. The van der Waals surface area contributed by atoms with Crippen molar-refractivity contribution in [3.8, 4) is 5.69 Å². The van der Waals surface area contributed by atoms with Gasteiger partial charge in [0.25, 0.3) is 5.91 Å². The molecule has 2 aromatic rings. The largest absolute Gasteiger partial charge is 0.322 e. The monoisotopic (exact) mass is 371 g/mol. The summed E-state index contributed by atoms with van der Waals surface area (Å²) in [6.07, 6.45) is 4.45. The van der Waals surface area contributed by atoms with Gasteiger partial charge in [0.05, 0.1) is 17.6 Å². The third-order valence-corrected chi connectivity index (χ3v) is 5.19. The van der Waals surface area contributed by atoms with Crippen molar-refractivity contribution in [2.45, 2.75) is 31.2 Å². The molecule has 0 bridgehead atoms. The predicted octanol–water partition coefficient (Wildman–Crippen LogP) is 0.891. The molecule has 134 valence electrons. The molecule has 1 saturated heterocycles. The Labute approximate surface area is 153 Å². The highest BCUT2D eigenvalue weighted by molar-refractivity contribution is 7.97. The first kappa shape index (κ1) is 16.8. The summed E-state index contributed by atoms with van der Waals surface area (Å²) in [5.74, 6) is -0.112. The van der Waals surface area contributed by atoms with E-state index in [0.29, 0.717) is 18.5 Å². The third-order valence-electron chi connectivity index (χ3n) is 4.61. The number of imide groups is 1. The zero-order valence-electron chi connectivity index (χ0n) is 14.1. The van der Waals surface area contributed by atoms with Gasteiger partial charge in [-0.25, -0.2) is 4.68 Å². The van der Waals surface area contributed by atoms with E-state index in [4.69, 9.17) is 0 Å². The van der Waals surface area contributed by atoms with Crippen LogP contribution in [0.5, 0.6) is 0 Å². The normalized spacial score (nSPS) is 19.7. The van der Waals surface area contributed by atoms with Gasteiger partial charge >= 0.3 is 0 Å². The number of hydrogen-bond acceptors (Lipinski definition) is 6. The second kappa shape index (κ2) is 6.56. The Kier molecular flexibility index (Phi) is 4.23. The summed E-state index contributed by atoms with van der Waals surface area (Å²) in [5, 5.41) is 10.5. The zero-order chi connectivity index (χ0) is 18.3. The summed E-state index contributed by atoms with van der Waals surface area (Å²) >= 11 is 1.66. The Bertz CT molecular complexity index is 910. The van der Waals surface area contributed by atoms with E-state index in [0.717, 1.165) is 22.7 Å². The molecule has 2 aliphatic heterocycles. The van der Waals surface area contributed by atoms with Gasteiger partial charge in [-0.3, -0.25) is 19.7 Å². The van der Waals surface area contributed by atoms with Gasteiger partial charge in [0.2, 0.25) is 11.8 Å². The number of aromatic nitrogens is 3. The minimum atomic E-state index is -0.601. The molecule has 1 unspecified atom stereocenters. The number of carbonyl (C=O) groups is 3. The smallest absolute Gasteiger partial charge is 0.255 e. The third kappa shape index (κ3) is 2.88. The van der Waals surface area contributed by atoms with E-state index in [-0.39, 0.29) is 18.2 Å². The maximum atomic E-state index is 12.8. The maximum Gasteiger partial charge on any atom is 0.255 e. The predicted molar refractivity (Wildman–Crippen MR) is 94.6 cm³/mol. The molecule has 3 heterocycles. The van der Waals surface area contributed by atoms with Crippen LogP contribution in [0, 0.1) is 0 Å². The Morgan fingerprint density at radius 2 is 2.15 bits per heavy atom. The summed E-state index contributed by atoms with van der Waals surface area (Å²) < 4.78 is 1.65. The van der Waals surface area contributed by atoms with E-state index >= 15 is 0 Å². The molecule has 2 aliphatic rings. The van der Waals surface area contributed by atoms with E-state index in [2.05, 4.69) is 15.6 Å². The topological polar surface area (TPSA) is 97.2 Å². The molecule has 0 aliphatic carbocycles. The SMILES string of the molecule is CSCc1cn(-c2ccc3c(c2)C(=O)N(C2CCC(=O)NC2=O)C3)nn1. The molecule has 9 heteroatoms. The molecule has 8 nitrogen and oxygen atoms in total. The van der Waals surface area contributed by atoms with Gasteiger partial charge in [-0.1, -0.05) is 11.3 Å². The molecule has 1 aromatic heterocycles. The van der Waals surface area contributed by atoms with Crippen molar-refractivity contribution in [3.63, 3.8) is 0 Å². The number of carbonyl (C=O) groups excluding carboxylic acids is 3. The van der Waals surface area contributed by atoms with Crippen molar-refractivity contribution in [2.24, 2.45) is 0 Å². The minimum Gasteiger partial charge on any atom is -0.322 e. The number of fused-ring (bicyclic) bond motifs is 1. The fourth-order valence-electron chi connectivity index (χ4n) is 3.32. The van der Waals surface area contributed by atoms with Crippen LogP contribution in [0.25, 0.3) is 5.69 Å². The lowest BCUT2D eigenvalue weighted by Crippen LogP contribution is -2.52. The number of nitrogens with one attached hydrogen (secondary N) is 1. The van der Waals surface area contributed by atoms with Crippen LogP contribution in [0.4, 0.5) is 0 Å². The van der Waals surface area contributed by atoms with Crippen molar-refractivity contribution >= 4 is 29.5 Å². The molecular formula is C17H17N5O3S. The van der Waals surface area contributed by atoms with E-state index in [1.807, 2.05) is 24.6 Å². The van der Waals surface area contributed by atoms with Crippen molar-refractivity contribution in [3.05, 3.63) is 41.2 Å². The lowest BCUT2D eigenvalue weighted by Gasteiger charge is -2.29. The fraction of sp³-hybridized carbons (Fsp3) is 0.353. The number of amides is 3. The first-order chi connectivity index (χ1) is 12.6. The van der Waals surface area contributed by atoms with Gasteiger partial charge in [-0.2, -0.15) is 11.8 Å². The van der Waals surface area contributed by atoms with Crippen LogP contribution in [0.2, 0.25) is 0 Å². The molecular weight excluding hydrogens is 354 g/mol. The molecule has 1 N–H and O–H groups in total. The molecule has 1 atom stereocenters. The molecule has 1 aromatic carbocycles. The van der Waals surface area contributed by atoms with Gasteiger partial charge in [-0.15, -0.1) is 5.10 Å².